The lowest BCUT2D eigenvalue weighted by Gasteiger charge is -2.33. The van der Waals surface area contributed by atoms with Crippen molar-refractivity contribution in [3.63, 3.8) is 0 Å². The van der Waals surface area contributed by atoms with Crippen molar-refractivity contribution in [2.45, 2.75) is 13.5 Å². The van der Waals surface area contributed by atoms with Crippen molar-refractivity contribution in [2.75, 3.05) is 33.2 Å². The van der Waals surface area contributed by atoms with E-state index in [-0.39, 0.29) is 0 Å². The van der Waals surface area contributed by atoms with Gasteiger partial charge in [0.2, 0.25) is 0 Å². The monoisotopic (exact) mass is 278 g/mol. The second kappa shape index (κ2) is 6.84. The van der Waals surface area contributed by atoms with Gasteiger partial charge in [-0.2, -0.15) is 0 Å². The summed E-state index contributed by atoms with van der Waals surface area (Å²) in [5.41, 5.74) is 5.77. The largest absolute Gasteiger partial charge is 0.358 e. The summed E-state index contributed by atoms with van der Waals surface area (Å²) in [6, 6.07) is 8.49. The fourth-order valence-electron chi connectivity index (χ4n) is 1.99. The minimum Gasteiger partial charge on any atom is -0.358 e. The maximum atomic E-state index is 5.31. The molecule has 1 fully saturated rings. The zero-order valence-electron chi connectivity index (χ0n) is 11.6. The molecule has 0 aliphatic carbocycles. The highest BCUT2D eigenvalue weighted by atomic mass is 32.1. The summed E-state index contributed by atoms with van der Waals surface area (Å²) in [5.74, 6) is 0. The van der Waals surface area contributed by atoms with Gasteiger partial charge < -0.3 is 10.2 Å². The van der Waals surface area contributed by atoms with Crippen molar-refractivity contribution >= 4 is 17.3 Å². The Bertz CT molecular complexity index is 410. The van der Waals surface area contributed by atoms with Crippen molar-refractivity contribution in [2.24, 2.45) is 0 Å². The number of hydrazine groups is 1. The van der Waals surface area contributed by atoms with E-state index in [1.165, 1.54) is 11.1 Å². The molecule has 1 aliphatic heterocycles. The van der Waals surface area contributed by atoms with E-state index in [0.717, 1.165) is 32.7 Å². The molecule has 5 heteroatoms. The van der Waals surface area contributed by atoms with Gasteiger partial charge in [-0.3, -0.25) is 5.43 Å². The van der Waals surface area contributed by atoms with Crippen molar-refractivity contribution < 1.29 is 0 Å². The average molecular weight is 278 g/mol. The molecule has 0 atom stereocenters. The van der Waals surface area contributed by atoms with Gasteiger partial charge in [-0.1, -0.05) is 29.8 Å². The smallest absolute Gasteiger partial charge is 0.181 e. The summed E-state index contributed by atoms with van der Waals surface area (Å²) < 4.78 is 0. The lowest BCUT2D eigenvalue weighted by molar-refractivity contribution is 0.130. The van der Waals surface area contributed by atoms with E-state index in [2.05, 4.69) is 58.9 Å². The molecule has 0 aromatic heterocycles. The lowest BCUT2D eigenvalue weighted by Crippen LogP contribution is -2.54. The summed E-state index contributed by atoms with van der Waals surface area (Å²) in [7, 11) is 2.14. The van der Waals surface area contributed by atoms with Gasteiger partial charge in [0.25, 0.3) is 0 Å². The fraction of sp³-hybridized carbons (Fsp3) is 0.500. The maximum absolute atomic E-state index is 5.31. The minimum atomic E-state index is 0.699. The van der Waals surface area contributed by atoms with Crippen LogP contribution >= 0.6 is 12.2 Å². The molecule has 1 heterocycles. The molecule has 19 heavy (non-hydrogen) atoms. The van der Waals surface area contributed by atoms with Crippen LogP contribution in [0.25, 0.3) is 0 Å². The van der Waals surface area contributed by atoms with Gasteiger partial charge >= 0.3 is 0 Å². The third kappa shape index (κ3) is 4.78. The molecular weight excluding hydrogens is 256 g/mol. The number of thiocarbonyl (C=S) groups is 1. The van der Waals surface area contributed by atoms with E-state index in [4.69, 9.17) is 12.2 Å². The summed E-state index contributed by atoms with van der Waals surface area (Å²) >= 11 is 5.31. The Balaban J connectivity index is 1.71. The molecule has 0 unspecified atom stereocenters. The van der Waals surface area contributed by atoms with Crippen LogP contribution in [0.3, 0.4) is 0 Å². The third-order valence-corrected chi connectivity index (χ3v) is 3.57. The molecule has 104 valence electrons. The first-order chi connectivity index (χ1) is 9.13. The number of nitrogens with zero attached hydrogens (tertiary/aromatic N) is 2. The van der Waals surface area contributed by atoms with Gasteiger partial charge in [-0.15, -0.1) is 0 Å². The molecular formula is C14H22N4S. The molecule has 0 radical (unpaired) electrons. The number of nitrogens with one attached hydrogen (secondary N) is 2. The van der Waals surface area contributed by atoms with E-state index >= 15 is 0 Å². The highest BCUT2D eigenvalue weighted by molar-refractivity contribution is 7.80. The summed E-state index contributed by atoms with van der Waals surface area (Å²) in [4.78, 5) is 2.32. The lowest BCUT2D eigenvalue weighted by atomic mass is 10.1. The molecule has 2 rings (SSSR count). The number of aryl methyl sites for hydroxylation is 1. The van der Waals surface area contributed by atoms with Crippen LogP contribution in [-0.4, -0.2) is 48.2 Å². The van der Waals surface area contributed by atoms with Crippen LogP contribution in [-0.2, 0) is 6.54 Å². The van der Waals surface area contributed by atoms with Crippen molar-refractivity contribution in [3.05, 3.63) is 35.4 Å². The Morgan fingerprint density at radius 3 is 2.42 bits per heavy atom. The first-order valence-electron chi connectivity index (χ1n) is 6.67. The fourth-order valence-corrected chi connectivity index (χ4v) is 2.19. The number of hydrogen-bond donors (Lipinski definition) is 2. The number of piperazine rings is 1. The van der Waals surface area contributed by atoms with Gasteiger partial charge in [0, 0.05) is 32.7 Å². The molecule has 1 aromatic rings. The van der Waals surface area contributed by atoms with Crippen LogP contribution in [0.15, 0.2) is 24.3 Å². The van der Waals surface area contributed by atoms with Crippen LogP contribution < -0.4 is 10.7 Å². The zero-order valence-corrected chi connectivity index (χ0v) is 12.5. The van der Waals surface area contributed by atoms with E-state index in [0.29, 0.717) is 5.11 Å². The van der Waals surface area contributed by atoms with Gasteiger partial charge in [-0.25, -0.2) is 5.01 Å². The first-order valence-corrected chi connectivity index (χ1v) is 7.08. The Kier molecular flexibility index (Phi) is 5.13. The summed E-state index contributed by atoms with van der Waals surface area (Å²) in [6.45, 7) is 7.02. The third-order valence-electron chi connectivity index (χ3n) is 3.34. The Hall–Kier alpha value is -1.17. The second-order valence-electron chi connectivity index (χ2n) is 5.07. The molecule has 1 saturated heterocycles. The molecule has 1 aromatic carbocycles. The van der Waals surface area contributed by atoms with E-state index in [9.17, 15) is 0 Å². The van der Waals surface area contributed by atoms with Crippen LogP contribution in [0.4, 0.5) is 0 Å². The zero-order chi connectivity index (χ0) is 13.7. The summed E-state index contributed by atoms with van der Waals surface area (Å²) in [5, 5.41) is 6.11. The van der Waals surface area contributed by atoms with Crippen molar-refractivity contribution in [1.29, 1.82) is 0 Å². The number of hydrogen-bond acceptors (Lipinski definition) is 3. The van der Waals surface area contributed by atoms with Gasteiger partial charge in [0.15, 0.2) is 5.11 Å². The highest BCUT2D eigenvalue weighted by Gasteiger charge is 2.13. The van der Waals surface area contributed by atoms with Crippen LogP contribution in [0.1, 0.15) is 11.1 Å². The number of benzene rings is 1. The molecule has 0 amide bonds. The molecule has 4 nitrogen and oxygen atoms in total. The maximum Gasteiger partial charge on any atom is 0.181 e. The SMILES string of the molecule is Cc1ccc(CNC(=S)NN2CCN(C)CC2)cc1. The van der Waals surface area contributed by atoms with Gasteiger partial charge in [0.1, 0.15) is 0 Å². The number of likely N-dealkylation sites (N-methyl/N-ethyl adjacent to an activating group) is 1. The Morgan fingerprint density at radius 1 is 1.16 bits per heavy atom. The normalized spacial score (nSPS) is 17.2. The highest BCUT2D eigenvalue weighted by Crippen LogP contribution is 2.02. The van der Waals surface area contributed by atoms with Crippen molar-refractivity contribution in [1.82, 2.24) is 20.7 Å². The topological polar surface area (TPSA) is 30.5 Å². The van der Waals surface area contributed by atoms with Crippen LogP contribution in [0.2, 0.25) is 0 Å². The van der Waals surface area contributed by atoms with E-state index in [1.54, 1.807) is 0 Å². The first kappa shape index (κ1) is 14.2. The Morgan fingerprint density at radius 2 is 1.79 bits per heavy atom. The minimum absolute atomic E-state index is 0.699. The average Bonchev–Trinajstić information content (AvgIpc) is 2.41. The Labute approximate surface area is 120 Å². The molecule has 0 spiro atoms. The van der Waals surface area contributed by atoms with E-state index < -0.39 is 0 Å². The number of rotatable bonds is 3. The van der Waals surface area contributed by atoms with Crippen LogP contribution in [0, 0.1) is 6.92 Å². The summed E-state index contributed by atoms with van der Waals surface area (Å²) in [6.07, 6.45) is 0. The molecule has 2 N–H and O–H groups in total. The van der Waals surface area contributed by atoms with Gasteiger partial charge in [-0.05, 0) is 31.8 Å². The molecule has 0 bridgehead atoms. The van der Waals surface area contributed by atoms with Gasteiger partial charge in [0.05, 0.1) is 0 Å². The standard InChI is InChI=1S/C14H22N4S/c1-12-3-5-13(6-4-12)11-15-14(19)16-18-9-7-17(2)8-10-18/h3-6H,7-11H2,1-2H3,(H2,15,16,19). The molecule has 0 saturated carbocycles. The quantitative estimate of drug-likeness (QED) is 0.809. The predicted molar refractivity (Wildman–Crippen MR) is 82.8 cm³/mol. The van der Waals surface area contributed by atoms with Crippen molar-refractivity contribution in [3.8, 4) is 0 Å². The van der Waals surface area contributed by atoms with Crippen LogP contribution in [0.5, 0.6) is 0 Å². The van der Waals surface area contributed by atoms with E-state index in [1.807, 2.05) is 0 Å². The predicted octanol–water partition coefficient (Wildman–Crippen LogP) is 1.12. The second-order valence-corrected chi connectivity index (χ2v) is 5.48. The molecule has 1 aliphatic rings.